The molecule has 1 aromatic carbocycles. The molecule has 0 radical (unpaired) electrons. The molecular formula is C13H18FN3. The van der Waals surface area contributed by atoms with Gasteiger partial charge in [-0.15, -0.1) is 6.42 Å². The van der Waals surface area contributed by atoms with Crippen LogP contribution in [0.1, 0.15) is 5.56 Å². The Labute approximate surface area is 102 Å². The van der Waals surface area contributed by atoms with Crippen LogP contribution >= 0.6 is 0 Å². The highest BCUT2D eigenvalue weighted by atomic mass is 19.1. The zero-order valence-electron chi connectivity index (χ0n) is 9.94. The van der Waals surface area contributed by atoms with Gasteiger partial charge < -0.3 is 0 Å². The first-order valence-electron chi connectivity index (χ1n) is 5.39. The Balaban J connectivity index is 2.77. The van der Waals surface area contributed by atoms with Crippen molar-refractivity contribution in [2.75, 3.05) is 13.7 Å². The Kier molecular flexibility index (Phi) is 4.64. The maximum absolute atomic E-state index is 13.0. The number of halogens is 1. The lowest BCUT2D eigenvalue weighted by atomic mass is 10.0. The highest BCUT2D eigenvalue weighted by molar-refractivity contribution is 5.17. The molecule has 1 unspecified atom stereocenters. The fourth-order valence-corrected chi connectivity index (χ4v) is 1.59. The minimum Gasteiger partial charge on any atom is -0.290 e. The molecule has 0 aliphatic carbocycles. The van der Waals surface area contributed by atoms with Crippen LogP contribution in [0.25, 0.3) is 0 Å². The van der Waals surface area contributed by atoms with Crippen LogP contribution in [0.3, 0.4) is 0 Å². The third-order valence-corrected chi connectivity index (χ3v) is 2.85. The van der Waals surface area contributed by atoms with Crippen LogP contribution in [-0.2, 0) is 6.42 Å². The van der Waals surface area contributed by atoms with Gasteiger partial charge in [0.2, 0.25) is 0 Å². The van der Waals surface area contributed by atoms with Crippen LogP contribution in [0.4, 0.5) is 4.39 Å². The summed E-state index contributed by atoms with van der Waals surface area (Å²) in [6.07, 6.45) is 5.75. The lowest BCUT2D eigenvalue weighted by Gasteiger charge is -2.35. The molecule has 0 amide bonds. The third-order valence-electron chi connectivity index (χ3n) is 2.85. The van der Waals surface area contributed by atoms with Crippen LogP contribution in [0.5, 0.6) is 0 Å². The molecule has 1 atom stereocenters. The average molecular weight is 235 g/mol. The van der Waals surface area contributed by atoms with Gasteiger partial charge in [0, 0.05) is 6.04 Å². The number of likely N-dealkylation sites (N-methyl/N-ethyl adjacent to an activating group) is 1. The lowest BCUT2D eigenvalue weighted by molar-refractivity contribution is 0.107. The van der Waals surface area contributed by atoms with E-state index < -0.39 is 18.5 Å². The topological polar surface area (TPSA) is 55.3 Å². The van der Waals surface area contributed by atoms with E-state index in [-0.39, 0.29) is 0 Å². The lowest BCUT2D eigenvalue weighted by Crippen LogP contribution is -2.64. The van der Waals surface area contributed by atoms with Gasteiger partial charge >= 0.3 is 0 Å². The van der Waals surface area contributed by atoms with E-state index in [1.54, 1.807) is 7.05 Å². The minimum absolute atomic E-state index is 0.427. The first-order chi connectivity index (χ1) is 8.01. The Hall–Kier alpha value is -1.41. The number of terminal acetylenes is 1. The van der Waals surface area contributed by atoms with Gasteiger partial charge in [0.25, 0.3) is 0 Å². The highest BCUT2D eigenvalue weighted by Gasteiger charge is 2.28. The SMILES string of the molecule is C#CC(N)(N)N(C)C(CF)Cc1ccccc1. The summed E-state index contributed by atoms with van der Waals surface area (Å²) >= 11 is 0. The van der Waals surface area contributed by atoms with Crippen molar-refractivity contribution in [2.24, 2.45) is 11.5 Å². The molecule has 17 heavy (non-hydrogen) atoms. The number of nitrogens with two attached hydrogens (primary N) is 2. The molecule has 3 nitrogen and oxygen atoms in total. The monoisotopic (exact) mass is 235 g/mol. The zero-order valence-corrected chi connectivity index (χ0v) is 9.94. The normalized spacial score (nSPS) is 13.4. The summed E-state index contributed by atoms with van der Waals surface area (Å²) in [5, 5.41) is 0. The second-order valence-corrected chi connectivity index (χ2v) is 4.08. The summed E-state index contributed by atoms with van der Waals surface area (Å²) in [7, 11) is 1.63. The Morgan fingerprint density at radius 2 is 2.00 bits per heavy atom. The molecule has 4 N–H and O–H groups in total. The Morgan fingerprint density at radius 1 is 1.41 bits per heavy atom. The smallest absolute Gasteiger partial charge is 0.186 e. The standard InChI is InChI=1S/C13H18FN3/c1-3-13(15,16)17(2)12(10-14)9-11-7-5-4-6-8-11/h1,4-8,12H,9-10,15-16H2,2H3. The van der Waals surface area contributed by atoms with Crippen molar-refractivity contribution in [3.63, 3.8) is 0 Å². The molecule has 0 spiro atoms. The van der Waals surface area contributed by atoms with Crippen molar-refractivity contribution in [2.45, 2.75) is 18.2 Å². The maximum Gasteiger partial charge on any atom is 0.186 e. The quantitative estimate of drug-likeness (QED) is 0.583. The van der Waals surface area contributed by atoms with E-state index in [0.29, 0.717) is 6.42 Å². The average Bonchev–Trinajstić information content (AvgIpc) is 2.36. The van der Waals surface area contributed by atoms with Gasteiger partial charge in [-0.1, -0.05) is 36.3 Å². The van der Waals surface area contributed by atoms with Crippen LogP contribution in [0, 0.1) is 12.3 Å². The van der Waals surface area contributed by atoms with E-state index in [4.69, 9.17) is 17.9 Å². The molecule has 1 aromatic rings. The van der Waals surface area contributed by atoms with Crippen molar-refractivity contribution >= 4 is 0 Å². The van der Waals surface area contributed by atoms with Gasteiger partial charge in [0.05, 0.1) is 0 Å². The second kappa shape index (κ2) is 5.78. The van der Waals surface area contributed by atoms with E-state index >= 15 is 0 Å². The van der Waals surface area contributed by atoms with Crippen molar-refractivity contribution in [1.82, 2.24) is 4.90 Å². The van der Waals surface area contributed by atoms with Gasteiger partial charge in [0.1, 0.15) is 6.67 Å². The summed E-state index contributed by atoms with van der Waals surface area (Å²) in [5.74, 6) is 0.831. The molecule has 0 saturated carbocycles. The molecule has 0 bridgehead atoms. The number of nitrogens with zero attached hydrogens (tertiary/aromatic N) is 1. The summed E-state index contributed by atoms with van der Waals surface area (Å²) < 4.78 is 13.0. The first-order valence-corrected chi connectivity index (χ1v) is 5.39. The molecule has 0 heterocycles. The van der Waals surface area contributed by atoms with E-state index in [0.717, 1.165) is 5.56 Å². The number of rotatable bonds is 5. The minimum atomic E-state index is -1.43. The second-order valence-electron chi connectivity index (χ2n) is 4.08. The molecule has 0 fully saturated rings. The largest absolute Gasteiger partial charge is 0.290 e. The van der Waals surface area contributed by atoms with Crippen molar-refractivity contribution in [3.8, 4) is 12.3 Å². The number of hydrogen-bond donors (Lipinski definition) is 2. The van der Waals surface area contributed by atoms with Crippen molar-refractivity contribution in [1.29, 1.82) is 0 Å². The predicted molar refractivity (Wildman–Crippen MR) is 67.6 cm³/mol. The fourth-order valence-electron chi connectivity index (χ4n) is 1.59. The summed E-state index contributed by atoms with van der Waals surface area (Å²) in [5.41, 5.74) is 12.4. The van der Waals surface area contributed by atoms with Gasteiger partial charge in [-0.25, -0.2) is 4.39 Å². The van der Waals surface area contributed by atoms with Crippen LogP contribution in [0.15, 0.2) is 30.3 Å². The molecule has 1 rings (SSSR count). The molecular weight excluding hydrogens is 217 g/mol. The van der Waals surface area contributed by atoms with E-state index in [2.05, 4.69) is 5.92 Å². The first kappa shape index (κ1) is 13.7. The Bertz CT molecular complexity index is 383. The van der Waals surface area contributed by atoms with Crippen LogP contribution in [0.2, 0.25) is 0 Å². The number of hydrogen-bond acceptors (Lipinski definition) is 3. The van der Waals surface area contributed by atoms with E-state index in [1.807, 2.05) is 30.3 Å². The molecule has 92 valence electrons. The van der Waals surface area contributed by atoms with Crippen molar-refractivity contribution < 1.29 is 4.39 Å². The van der Waals surface area contributed by atoms with Gasteiger partial charge in [-0.05, 0) is 19.0 Å². The molecule has 0 aliphatic rings. The number of benzene rings is 1. The zero-order chi connectivity index (χ0) is 12.9. The summed E-state index contributed by atoms with van der Waals surface area (Å²) in [4.78, 5) is 1.49. The predicted octanol–water partition coefficient (Wildman–Crippen LogP) is 0.703. The van der Waals surface area contributed by atoms with Gasteiger partial charge in [-0.2, -0.15) is 0 Å². The third kappa shape index (κ3) is 3.53. The van der Waals surface area contributed by atoms with Gasteiger partial charge in [-0.3, -0.25) is 16.4 Å². The van der Waals surface area contributed by atoms with E-state index in [1.165, 1.54) is 4.90 Å². The van der Waals surface area contributed by atoms with E-state index in [9.17, 15) is 4.39 Å². The Morgan fingerprint density at radius 3 is 2.47 bits per heavy atom. The molecule has 4 heteroatoms. The highest BCUT2D eigenvalue weighted by Crippen LogP contribution is 2.12. The van der Waals surface area contributed by atoms with Gasteiger partial charge in [0.15, 0.2) is 5.79 Å². The molecule has 0 aromatic heterocycles. The maximum atomic E-state index is 13.0. The summed E-state index contributed by atoms with van der Waals surface area (Å²) in [6, 6.07) is 9.16. The molecule has 0 aliphatic heterocycles. The van der Waals surface area contributed by atoms with Crippen LogP contribution in [-0.4, -0.2) is 30.5 Å². The number of alkyl halides is 1. The fraction of sp³-hybridized carbons (Fsp3) is 0.385. The van der Waals surface area contributed by atoms with Crippen molar-refractivity contribution in [3.05, 3.63) is 35.9 Å². The molecule has 0 saturated heterocycles. The van der Waals surface area contributed by atoms with Crippen LogP contribution < -0.4 is 11.5 Å². The summed E-state index contributed by atoms with van der Waals surface area (Å²) in [6.45, 7) is -0.552.